The smallest absolute Gasteiger partial charge is 0.302 e. The number of esters is 2. The van der Waals surface area contributed by atoms with Crippen LogP contribution in [-0.2, 0) is 19.1 Å². The summed E-state index contributed by atoms with van der Waals surface area (Å²) in [5.74, 6) is 0.551. The van der Waals surface area contributed by atoms with Crippen LogP contribution in [0.5, 0.6) is 0 Å². The van der Waals surface area contributed by atoms with Gasteiger partial charge in [0.15, 0.2) is 0 Å². The van der Waals surface area contributed by atoms with Gasteiger partial charge in [-0.2, -0.15) is 0 Å². The van der Waals surface area contributed by atoms with Crippen LogP contribution in [0, 0.1) is 22.7 Å². The molecule has 0 saturated heterocycles. The van der Waals surface area contributed by atoms with E-state index in [1.807, 2.05) is 0 Å². The van der Waals surface area contributed by atoms with Gasteiger partial charge in [0.05, 0.1) is 0 Å². The van der Waals surface area contributed by atoms with Gasteiger partial charge in [0.1, 0.15) is 12.2 Å². The molecule has 0 amide bonds. The van der Waals surface area contributed by atoms with E-state index < -0.39 is 0 Å². The number of fused-ring (bicyclic) bond motifs is 5. The lowest BCUT2D eigenvalue weighted by Crippen LogP contribution is -2.42. The average molecular weight is 399 g/mol. The van der Waals surface area contributed by atoms with Crippen LogP contribution < -0.4 is 0 Å². The summed E-state index contributed by atoms with van der Waals surface area (Å²) in [5, 5.41) is 0. The molecule has 4 rings (SSSR count). The van der Waals surface area contributed by atoms with E-state index in [9.17, 15) is 9.59 Å². The van der Waals surface area contributed by atoms with E-state index in [0.717, 1.165) is 38.5 Å². The molecule has 29 heavy (non-hydrogen) atoms. The van der Waals surface area contributed by atoms with Crippen molar-refractivity contribution in [3.05, 3.63) is 34.9 Å². The number of hydrogen-bond acceptors (Lipinski definition) is 4. The maximum absolute atomic E-state index is 11.5. The molecule has 0 N–H and O–H groups in total. The molecular formula is C25H34O4. The van der Waals surface area contributed by atoms with Crippen LogP contribution in [0.2, 0.25) is 0 Å². The Labute approximate surface area is 174 Å². The highest BCUT2D eigenvalue weighted by atomic mass is 16.5. The fraction of sp³-hybridized carbons (Fsp3) is 0.680. The number of allylic oxidation sites excluding steroid dienone is 5. The number of rotatable bonds is 3. The SMILES string of the molecule is CC(=O)OC1CCC2(C)C(=CC=C3C2=CCC2(C)C3CCC2C(C)OC(C)=O)C1. The van der Waals surface area contributed by atoms with Gasteiger partial charge in [-0.05, 0) is 61.5 Å². The Kier molecular flexibility index (Phi) is 5.03. The van der Waals surface area contributed by atoms with E-state index in [4.69, 9.17) is 9.47 Å². The first-order chi connectivity index (χ1) is 13.6. The van der Waals surface area contributed by atoms with E-state index in [-0.39, 0.29) is 35.0 Å². The van der Waals surface area contributed by atoms with Crippen LogP contribution in [0.4, 0.5) is 0 Å². The van der Waals surface area contributed by atoms with Gasteiger partial charge in [-0.25, -0.2) is 0 Å². The minimum absolute atomic E-state index is 0.0108. The molecule has 4 heteroatoms. The molecule has 6 atom stereocenters. The van der Waals surface area contributed by atoms with E-state index in [1.54, 1.807) is 0 Å². The van der Waals surface area contributed by atoms with E-state index in [0.29, 0.717) is 11.8 Å². The third-order valence-corrected chi connectivity index (χ3v) is 8.27. The van der Waals surface area contributed by atoms with Gasteiger partial charge in [0.25, 0.3) is 0 Å². The third kappa shape index (κ3) is 3.29. The molecule has 6 unspecified atom stereocenters. The first kappa shape index (κ1) is 20.4. The Morgan fingerprint density at radius 2 is 1.86 bits per heavy atom. The van der Waals surface area contributed by atoms with E-state index in [2.05, 4.69) is 39.0 Å². The maximum atomic E-state index is 11.5. The standard InChI is InChI=1S/C25H34O4/c1-15(28-16(2)26)21-8-9-22-20-7-6-18-14-19(29-17(3)27)10-12-24(18,4)23(20)11-13-25(21,22)5/h6-7,11,15,19,21-22H,8-10,12-14H2,1-5H3. The lowest BCUT2D eigenvalue weighted by Gasteiger charge is -2.50. The first-order valence-corrected chi connectivity index (χ1v) is 11.1. The minimum Gasteiger partial charge on any atom is -0.463 e. The second-order valence-electron chi connectivity index (χ2n) is 10.00. The number of ether oxygens (including phenoxy) is 2. The largest absolute Gasteiger partial charge is 0.463 e. The van der Waals surface area contributed by atoms with Gasteiger partial charge in [0, 0.05) is 31.6 Å². The number of carbonyl (C=O) groups is 2. The van der Waals surface area contributed by atoms with Crippen LogP contribution in [0.3, 0.4) is 0 Å². The van der Waals surface area contributed by atoms with E-state index >= 15 is 0 Å². The van der Waals surface area contributed by atoms with Crippen molar-refractivity contribution in [1.82, 2.24) is 0 Å². The zero-order valence-corrected chi connectivity index (χ0v) is 18.4. The molecule has 0 aromatic heterocycles. The van der Waals surface area contributed by atoms with Gasteiger partial charge < -0.3 is 9.47 Å². The molecule has 2 fully saturated rings. The molecular weight excluding hydrogens is 364 g/mol. The summed E-state index contributed by atoms with van der Waals surface area (Å²) in [6, 6.07) is 0. The number of carbonyl (C=O) groups excluding carboxylic acids is 2. The molecule has 0 bridgehead atoms. The summed E-state index contributed by atoms with van der Waals surface area (Å²) in [4.78, 5) is 22.9. The maximum Gasteiger partial charge on any atom is 0.302 e. The molecule has 4 nitrogen and oxygen atoms in total. The molecule has 0 spiro atoms. The summed E-state index contributed by atoms with van der Waals surface area (Å²) in [7, 11) is 0. The van der Waals surface area contributed by atoms with Gasteiger partial charge >= 0.3 is 11.9 Å². The molecule has 158 valence electrons. The van der Waals surface area contributed by atoms with Crippen molar-refractivity contribution >= 4 is 11.9 Å². The van der Waals surface area contributed by atoms with Crippen LogP contribution in [-0.4, -0.2) is 24.1 Å². The highest BCUT2D eigenvalue weighted by Gasteiger charge is 2.55. The quantitative estimate of drug-likeness (QED) is 0.606. The summed E-state index contributed by atoms with van der Waals surface area (Å²) in [6.07, 6.45) is 13.2. The van der Waals surface area contributed by atoms with Gasteiger partial charge in [-0.1, -0.05) is 37.6 Å². The van der Waals surface area contributed by atoms with Crippen molar-refractivity contribution in [2.45, 2.75) is 85.4 Å². The molecule has 0 aliphatic heterocycles. The first-order valence-electron chi connectivity index (χ1n) is 11.1. The zero-order chi connectivity index (χ0) is 21.0. The van der Waals surface area contributed by atoms with Gasteiger partial charge in [0.2, 0.25) is 0 Å². The van der Waals surface area contributed by atoms with Crippen molar-refractivity contribution in [3.63, 3.8) is 0 Å². The average Bonchev–Trinajstić information content (AvgIpc) is 2.98. The topological polar surface area (TPSA) is 52.6 Å². The zero-order valence-electron chi connectivity index (χ0n) is 18.4. The van der Waals surface area contributed by atoms with Crippen molar-refractivity contribution in [2.24, 2.45) is 22.7 Å². The second kappa shape index (κ2) is 7.14. The van der Waals surface area contributed by atoms with Crippen molar-refractivity contribution < 1.29 is 19.1 Å². The summed E-state index contributed by atoms with van der Waals surface area (Å²) in [6.45, 7) is 9.83. The third-order valence-electron chi connectivity index (χ3n) is 8.27. The highest BCUT2D eigenvalue weighted by molar-refractivity contribution is 5.66. The summed E-state index contributed by atoms with van der Waals surface area (Å²) < 4.78 is 11.1. The van der Waals surface area contributed by atoms with Crippen molar-refractivity contribution in [3.8, 4) is 0 Å². The Morgan fingerprint density at radius 1 is 1.10 bits per heavy atom. The van der Waals surface area contributed by atoms with Crippen LogP contribution in [0.15, 0.2) is 34.9 Å². The lowest BCUT2D eigenvalue weighted by molar-refractivity contribution is -0.150. The van der Waals surface area contributed by atoms with Crippen LogP contribution >= 0.6 is 0 Å². The summed E-state index contributed by atoms with van der Waals surface area (Å²) in [5.41, 5.74) is 4.59. The Bertz CT molecular complexity index is 819. The molecule has 0 aromatic rings. The van der Waals surface area contributed by atoms with E-state index in [1.165, 1.54) is 30.6 Å². The Hall–Kier alpha value is -1.84. The minimum atomic E-state index is -0.183. The monoisotopic (exact) mass is 398 g/mol. The van der Waals surface area contributed by atoms with Gasteiger partial charge in [-0.15, -0.1) is 0 Å². The fourth-order valence-electron chi connectivity index (χ4n) is 6.83. The van der Waals surface area contributed by atoms with Crippen molar-refractivity contribution in [1.29, 1.82) is 0 Å². The fourth-order valence-corrected chi connectivity index (χ4v) is 6.83. The molecule has 0 radical (unpaired) electrons. The van der Waals surface area contributed by atoms with Crippen molar-refractivity contribution in [2.75, 3.05) is 0 Å². The predicted octanol–water partition coefficient (Wildman–Crippen LogP) is 5.29. The Balaban J connectivity index is 1.62. The lowest BCUT2D eigenvalue weighted by atomic mass is 9.54. The second-order valence-corrected chi connectivity index (χ2v) is 10.00. The highest BCUT2D eigenvalue weighted by Crippen LogP contribution is 2.63. The number of hydrogen-bond donors (Lipinski definition) is 0. The molecule has 4 aliphatic rings. The normalized spacial score (nSPS) is 39.1. The van der Waals surface area contributed by atoms with Crippen LogP contribution in [0.25, 0.3) is 0 Å². The molecule has 0 heterocycles. The summed E-state index contributed by atoms with van der Waals surface area (Å²) >= 11 is 0. The van der Waals surface area contributed by atoms with Crippen LogP contribution in [0.1, 0.15) is 73.1 Å². The molecule has 4 aliphatic carbocycles. The molecule has 0 aromatic carbocycles. The predicted molar refractivity (Wildman–Crippen MR) is 112 cm³/mol. The Morgan fingerprint density at radius 3 is 2.55 bits per heavy atom. The van der Waals surface area contributed by atoms with Gasteiger partial charge in [-0.3, -0.25) is 9.59 Å². The molecule has 2 saturated carbocycles.